The maximum absolute atomic E-state index is 12.7. The highest BCUT2D eigenvalue weighted by Gasteiger charge is 2.23. The topological polar surface area (TPSA) is 73.9 Å². The maximum Gasteiger partial charge on any atom is 0.411 e. The van der Waals surface area contributed by atoms with Gasteiger partial charge < -0.3 is 19.9 Å². The summed E-state index contributed by atoms with van der Waals surface area (Å²) in [5.41, 5.74) is 4.81. The second kappa shape index (κ2) is 13.0. The van der Waals surface area contributed by atoms with Crippen LogP contribution in [0.15, 0.2) is 78.9 Å². The highest BCUT2D eigenvalue weighted by molar-refractivity contribution is 5.93. The monoisotopic (exact) mass is 500 g/mol. The van der Waals surface area contributed by atoms with Crippen LogP contribution in [0.4, 0.5) is 16.2 Å². The quantitative estimate of drug-likeness (QED) is 0.426. The molecule has 0 aliphatic carbocycles. The first-order valence-corrected chi connectivity index (χ1v) is 12.9. The van der Waals surface area contributed by atoms with Gasteiger partial charge in [0.1, 0.15) is 6.10 Å². The molecule has 3 aromatic carbocycles. The van der Waals surface area contributed by atoms with Crippen LogP contribution in [0.5, 0.6) is 0 Å². The van der Waals surface area contributed by atoms with Gasteiger partial charge in [0.2, 0.25) is 5.91 Å². The second-order valence-electron chi connectivity index (χ2n) is 9.38. The molecule has 0 aromatic heterocycles. The van der Waals surface area contributed by atoms with Gasteiger partial charge in [-0.15, -0.1) is 0 Å². The lowest BCUT2D eigenvalue weighted by Gasteiger charge is -2.31. The van der Waals surface area contributed by atoms with Crippen molar-refractivity contribution < 1.29 is 14.3 Å². The number of carbonyl (C=O) groups is 2. The van der Waals surface area contributed by atoms with E-state index in [1.807, 2.05) is 93.0 Å². The number of ether oxygens (including phenoxy) is 1. The number of hydrogen-bond donors (Lipinski definition) is 2. The van der Waals surface area contributed by atoms with Crippen LogP contribution >= 0.6 is 0 Å². The lowest BCUT2D eigenvalue weighted by molar-refractivity contribution is -0.118. The third kappa shape index (κ3) is 7.41. The normalized spacial score (nSPS) is 14.2. The molecule has 4 rings (SSSR count). The summed E-state index contributed by atoms with van der Waals surface area (Å²) in [4.78, 5) is 29.3. The van der Waals surface area contributed by atoms with Crippen molar-refractivity contribution in [1.82, 2.24) is 10.2 Å². The van der Waals surface area contributed by atoms with Gasteiger partial charge in [0.15, 0.2) is 0 Å². The number of rotatable bonds is 9. The number of amides is 2. The molecule has 0 atom stereocenters. The predicted octanol–water partition coefficient (Wildman–Crippen LogP) is 5.14. The van der Waals surface area contributed by atoms with E-state index in [0.717, 1.165) is 55.0 Å². The van der Waals surface area contributed by atoms with Crippen molar-refractivity contribution in [3.05, 3.63) is 84.4 Å². The van der Waals surface area contributed by atoms with Gasteiger partial charge >= 0.3 is 6.09 Å². The van der Waals surface area contributed by atoms with Crippen LogP contribution in [0.25, 0.3) is 11.1 Å². The van der Waals surface area contributed by atoms with Crippen molar-refractivity contribution in [3.63, 3.8) is 0 Å². The minimum Gasteiger partial charge on any atom is -0.446 e. The summed E-state index contributed by atoms with van der Waals surface area (Å²) in [6.07, 6.45) is 1.40. The molecule has 2 amide bonds. The number of benzene rings is 3. The van der Waals surface area contributed by atoms with Crippen LogP contribution < -0.4 is 15.5 Å². The van der Waals surface area contributed by atoms with E-state index in [1.165, 1.54) is 5.56 Å². The van der Waals surface area contributed by atoms with Crippen molar-refractivity contribution in [2.24, 2.45) is 0 Å². The van der Waals surface area contributed by atoms with E-state index in [2.05, 4.69) is 15.5 Å². The van der Waals surface area contributed by atoms with Gasteiger partial charge in [0, 0.05) is 50.9 Å². The molecule has 3 aromatic rings. The first-order chi connectivity index (χ1) is 18.0. The van der Waals surface area contributed by atoms with Gasteiger partial charge in [-0.05, 0) is 49.2 Å². The number of para-hydroxylation sites is 1. The van der Waals surface area contributed by atoms with E-state index < -0.39 is 6.09 Å². The summed E-state index contributed by atoms with van der Waals surface area (Å²) in [6, 6.07) is 25.7. The van der Waals surface area contributed by atoms with Crippen LogP contribution in [0, 0.1) is 0 Å². The molecular weight excluding hydrogens is 464 g/mol. The third-order valence-electron chi connectivity index (χ3n) is 6.78. The number of carbonyl (C=O) groups excluding carboxylic acids is 2. The van der Waals surface area contributed by atoms with Crippen LogP contribution in [0.1, 0.15) is 24.8 Å². The fourth-order valence-corrected chi connectivity index (χ4v) is 4.61. The van der Waals surface area contributed by atoms with Crippen molar-refractivity contribution in [1.29, 1.82) is 0 Å². The Labute approximate surface area is 219 Å². The molecule has 0 spiro atoms. The number of anilines is 2. The fourth-order valence-electron chi connectivity index (χ4n) is 4.61. The van der Waals surface area contributed by atoms with E-state index >= 15 is 0 Å². The van der Waals surface area contributed by atoms with Crippen molar-refractivity contribution in [2.75, 3.05) is 43.9 Å². The first-order valence-electron chi connectivity index (χ1n) is 12.9. The molecule has 194 valence electrons. The average Bonchev–Trinajstić information content (AvgIpc) is 2.93. The van der Waals surface area contributed by atoms with Gasteiger partial charge in [-0.2, -0.15) is 0 Å². The van der Waals surface area contributed by atoms with Crippen molar-refractivity contribution >= 4 is 23.4 Å². The van der Waals surface area contributed by atoms with Gasteiger partial charge in [-0.1, -0.05) is 60.7 Å². The molecule has 2 N–H and O–H groups in total. The fraction of sp³-hybridized carbons (Fsp3) is 0.333. The summed E-state index contributed by atoms with van der Waals surface area (Å²) >= 11 is 0. The summed E-state index contributed by atoms with van der Waals surface area (Å²) in [5.74, 6) is 0.0937. The molecule has 7 heteroatoms. The Kier molecular flexibility index (Phi) is 9.29. The van der Waals surface area contributed by atoms with Gasteiger partial charge in [0.05, 0.1) is 5.69 Å². The second-order valence-corrected chi connectivity index (χ2v) is 9.38. The van der Waals surface area contributed by atoms with Crippen LogP contribution in [-0.2, 0) is 16.1 Å². The van der Waals surface area contributed by atoms with Gasteiger partial charge in [-0.25, -0.2) is 4.79 Å². The van der Waals surface area contributed by atoms with Crippen molar-refractivity contribution in [3.8, 4) is 11.1 Å². The maximum atomic E-state index is 12.7. The summed E-state index contributed by atoms with van der Waals surface area (Å²) in [6.45, 7) is 3.10. The van der Waals surface area contributed by atoms with E-state index in [1.54, 1.807) is 4.90 Å². The summed E-state index contributed by atoms with van der Waals surface area (Å²) in [5, 5.41) is 6.05. The van der Waals surface area contributed by atoms with Crippen LogP contribution in [-0.4, -0.2) is 56.7 Å². The number of nitrogens with one attached hydrogen (secondary N) is 2. The van der Waals surface area contributed by atoms with E-state index in [4.69, 9.17) is 4.74 Å². The minimum atomic E-state index is -0.431. The SMILES string of the molecule is CNCc1ccc(N(C)C(=O)CCN2CCC(OC(=O)Nc3ccccc3-c3ccccc3)CC2)cc1. The van der Waals surface area contributed by atoms with E-state index in [-0.39, 0.29) is 12.0 Å². The number of nitrogens with zero attached hydrogens (tertiary/aromatic N) is 2. The summed E-state index contributed by atoms with van der Waals surface area (Å²) < 4.78 is 5.73. The molecule has 0 radical (unpaired) electrons. The predicted molar refractivity (Wildman–Crippen MR) is 149 cm³/mol. The van der Waals surface area contributed by atoms with Crippen LogP contribution in [0.3, 0.4) is 0 Å². The standard InChI is InChI=1S/C30H36N4O3/c1-31-22-23-12-14-25(15-13-23)33(2)29(35)18-21-34-19-16-26(17-20-34)37-30(36)32-28-11-7-6-10-27(28)24-8-4-3-5-9-24/h3-15,26,31H,16-22H2,1-2H3,(H,32,36). The molecule has 1 aliphatic rings. The smallest absolute Gasteiger partial charge is 0.411 e. The first kappa shape index (κ1) is 26.4. The Morgan fingerprint density at radius 2 is 1.62 bits per heavy atom. The Hall–Kier alpha value is -3.68. The number of hydrogen-bond acceptors (Lipinski definition) is 5. The molecule has 0 saturated carbocycles. The summed E-state index contributed by atoms with van der Waals surface area (Å²) in [7, 11) is 3.74. The Bertz CT molecular complexity index is 1160. The molecule has 37 heavy (non-hydrogen) atoms. The Morgan fingerprint density at radius 1 is 0.946 bits per heavy atom. The van der Waals surface area contributed by atoms with Gasteiger partial charge in [-0.3, -0.25) is 10.1 Å². The van der Waals surface area contributed by atoms with Gasteiger partial charge in [0.25, 0.3) is 0 Å². The molecule has 1 heterocycles. The minimum absolute atomic E-state index is 0.0937. The third-order valence-corrected chi connectivity index (χ3v) is 6.78. The Morgan fingerprint density at radius 3 is 2.32 bits per heavy atom. The molecule has 1 saturated heterocycles. The average molecular weight is 501 g/mol. The molecule has 1 fully saturated rings. The molecule has 7 nitrogen and oxygen atoms in total. The van der Waals surface area contributed by atoms with E-state index in [0.29, 0.717) is 13.0 Å². The number of piperidine rings is 1. The highest BCUT2D eigenvalue weighted by atomic mass is 16.6. The lowest BCUT2D eigenvalue weighted by atomic mass is 10.0. The van der Waals surface area contributed by atoms with Crippen LogP contribution in [0.2, 0.25) is 0 Å². The van der Waals surface area contributed by atoms with Crippen molar-refractivity contribution in [2.45, 2.75) is 31.9 Å². The van der Waals surface area contributed by atoms with E-state index in [9.17, 15) is 9.59 Å². The zero-order valence-corrected chi connectivity index (χ0v) is 21.7. The Balaban J connectivity index is 1.20. The molecule has 0 unspecified atom stereocenters. The molecular formula is C30H36N4O3. The lowest BCUT2D eigenvalue weighted by Crippen LogP contribution is -2.40. The zero-order valence-electron chi connectivity index (χ0n) is 21.7. The zero-order chi connectivity index (χ0) is 26.0. The number of likely N-dealkylation sites (tertiary alicyclic amines) is 1. The highest BCUT2D eigenvalue weighted by Crippen LogP contribution is 2.28. The molecule has 0 bridgehead atoms. The molecule has 1 aliphatic heterocycles. The largest absolute Gasteiger partial charge is 0.446 e.